The van der Waals surface area contributed by atoms with E-state index in [-0.39, 0.29) is 41.7 Å². The molecule has 5 nitrogen and oxygen atoms in total. The molecule has 1 aliphatic rings. The zero-order chi connectivity index (χ0) is 20.4. The Kier molecular flexibility index (Phi) is 7.47. The topological polar surface area (TPSA) is 66.8 Å². The predicted molar refractivity (Wildman–Crippen MR) is 110 cm³/mol. The summed E-state index contributed by atoms with van der Waals surface area (Å²) >= 11 is 13.4. The van der Waals surface area contributed by atoms with E-state index in [0.717, 1.165) is 5.56 Å². The lowest BCUT2D eigenvalue weighted by atomic mass is 9.88. The maximum Gasteiger partial charge on any atom is 0.407 e. The van der Waals surface area contributed by atoms with Gasteiger partial charge in [-0.2, -0.15) is 0 Å². The second kappa shape index (κ2) is 9.03. The van der Waals surface area contributed by atoms with Crippen LogP contribution in [0.2, 0.25) is 10.0 Å². The lowest BCUT2D eigenvalue weighted by Crippen LogP contribution is -2.42. The number of thioether (sulfide) groups is 1. The number of rotatable bonds is 3. The second-order valence-corrected chi connectivity index (χ2v) is 9.81. The van der Waals surface area contributed by atoms with Crippen LogP contribution in [0.5, 0.6) is 0 Å². The molecule has 0 spiro atoms. The highest BCUT2D eigenvalue weighted by atomic mass is 35.5. The number of nitrogens with zero attached hydrogens (tertiary/aromatic N) is 1. The van der Waals surface area contributed by atoms with E-state index in [1.54, 1.807) is 12.1 Å². The van der Waals surface area contributed by atoms with Gasteiger partial charge in [0.15, 0.2) is 5.12 Å². The van der Waals surface area contributed by atoms with Crippen LogP contribution < -0.4 is 0 Å². The van der Waals surface area contributed by atoms with Crippen LogP contribution in [-0.4, -0.2) is 52.3 Å². The molecular weight excluding hydrogens is 409 g/mol. The van der Waals surface area contributed by atoms with E-state index in [1.165, 1.54) is 23.6 Å². The molecule has 1 aromatic rings. The minimum atomic E-state index is -0.988. The molecule has 0 aromatic heterocycles. The lowest BCUT2D eigenvalue weighted by Gasteiger charge is -2.33. The molecule has 0 saturated carbocycles. The third kappa shape index (κ3) is 6.01. The first-order valence-electron chi connectivity index (χ1n) is 8.70. The van der Waals surface area contributed by atoms with E-state index < -0.39 is 6.09 Å². The highest BCUT2D eigenvalue weighted by Crippen LogP contribution is 2.36. The van der Waals surface area contributed by atoms with Crippen LogP contribution in [0.25, 0.3) is 0 Å². The van der Waals surface area contributed by atoms with E-state index in [4.69, 9.17) is 27.9 Å². The molecule has 3 atom stereocenters. The van der Waals surface area contributed by atoms with E-state index in [2.05, 4.69) is 0 Å². The summed E-state index contributed by atoms with van der Waals surface area (Å²) in [5, 5.41) is 10.5. The molecule has 1 fully saturated rings. The molecule has 1 aromatic carbocycles. The Hall–Kier alpha value is -0.950. The van der Waals surface area contributed by atoms with Gasteiger partial charge in [0.25, 0.3) is 0 Å². The molecule has 1 amide bonds. The van der Waals surface area contributed by atoms with Crippen LogP contribution in [0.15, 0.2) is 18.2 Å². The molecule has 1 N–H and O–H groups in total. The molecule has 0 bridgehead atoms. The second-order valence-electron chi connectivity index (χ2n) is 7.80. The monoisotopic (exact) mass is 433 g/mol. The molecule has 8 heteroatoms. The van der Waals surface area contributed by atoms with Crippen molar-refractivity contribution in [3.8, 4) is 0 Å². The standard InChI is InChI=1S/C19H25Cl2NO4S/c1-11(23)27-10-16-13(12-5-6-14(20)15(21)7-12)8-22(18(24)25)9-17(26-16)19(2,3)4/h5-7,13,16-17H,8-10H2,1-4H3,(H,24,25)/t13-,16+,17?/m0/s1. The van der Waals surface area contributed by atoms with Gasteiger partial charge in [-0.25, -0.2) is 4.79 Å². The number of carbonyl (C=O) groups excluding carboxylic acids is 1. The van der Waals surface area contributed by atoms with Crippen LogP contribution in [0.3, 0.4) is 0 Å². The Balaban J connectivity index is 2.44. The summed E-state index contributed by atoms with van der Waals surface area (Å²) in [6, 6.07) is 5.29. The van der Waals surface area contributed by atoms with Gasteiger partial charge in [-0.05, 0) is 23.1 Å². The van der Waals surface area contributed by atoms with Crippen LogP contribution in [-0.2, 0) is 9.53 Å². The maximum absolute atomic E-state index is 11.8. The van der Waals surface area contributed by atoms with E-state index in [0.29, 0.717) is 15.8 Å². The van der Waals surface area contributed by atoms with Gasteiger partial charge in [0, 0.05) is 25.1 Å². The van der Waals surface area contributed by atoms with Crippen LogP contribution >= 0.6 is 35.0 Å². The minimum absolute atomic E-state index is 0.00173. The number of hydrogen-bond donors (Lipinski definition) is 1. The highest BCUT2D eigenvalue weighted by molar-refractivity contribution is 8.13. The normalized spacial score (nSPS) is 23.8. The summed E-state index contributed by atoms with van der Waals surface area (Å²) in [6.07, 6.45) is -1.61. The minimum Gasteiger partial charge on any atom is -0.465 e. The van der Waals surface area contributed by atoms with Crippen LogP contribution in [0.1, 0.15) is 39.2 Å². The molecule has 150 valence electrons. The fourth-order valence-electron chi connectivity index (χ4n) is 3.03. The summed E-state index contributed by atoms with van der Waals surface area (Å²) in [5.74, 6) is 0.190. The third-order valence-electron chi connectivity index (χ3n) is 4.65. The Morgan fingerprint density at radius 1 is 1.26 bits per heavy atom. The van der Waals surface area contributed by atoms with E-state index in [9.17, 15) is 14.7 Å². The van der Waals surface area contributed by atoms with Crippen molar-refractivity contribution in [1.29, 1.82) is 0 Å². The SMILES string of the molecule is CC(=O)SC[C@H]1OC(C(C)(C)C)CN(C(=O)O)C[C@H]1c1ccc(Cl)c(Cl)c1. The molecule has 1 heterocycles. The molecule has 0 radical (unpaired) electrons. The Morgan fingerprint density at radius 2 is 1.93 bits per heavy atom. The molecule has 1 aliphatic heterocycles. The molecule has 0 aliphatic carbocycles. The van der Waals surface area contributed by atoms with Gasteiger partial charge in [-0.15, -0.1) is 0 Å². The fraction of sp³-hybridized carbons (Fsp3) is 0.579. The van der Waals surface area contributed by atoms with Crippen molar-refractivity contribution in [3.63, 3.8) is 0 Å². The number of hydrogen-bond acceptors (Lipinski definition) is 4. The molecule has 1 saturated heterocycles. The number of halogens is 2. The number of benzene rings is 1. The van der Waals surface area contributed by atoms with Gasteiger partial charge >= 0.3 is 6.09 Å². The lowest BCUT2D eigenvalue weighted by molar-refractivity contribution is -0.109. The first kappa shape index (κ1) is 22.3. The Labute approximate surface area is 174 Å². The van der Waals surface area contributed by atoms with Crippen LogP contribution in [0.4, 0.5) is 4.79 Å². The number of carbonyl (C=O) groups is 2. The smallest absolute Gasteiger partial charge is 0.407 e. The number of amides is 1. The van der Waals surface area contributed by atoms with Gasteiger partial charge in [0.2, 0.25) is 0 Å². The summed E-state index contributed by atoms with van der Waals surface area (Å²) in [5.41, 5.74) is 0.596. The average Bonchev–Trinajstić information content (AvgIpc) is 2.75. The van der Waals surface area contributed by atoms with Gasteiger partial charge in [0.05, 0.1) is 28.8 Å². The zero-order valence-corrected chi connectivity index (χ0v) is 18.2. The van der Waals surface area contributed by atoms with Gasteiger partial charge in [-0.1, -0.05) is 61.8 Å². The van der Waals surface area contributed by atoms with Gasteiger partial charge in [0.1, 0.15) is 0 Å². The van der Waals surface area contributed by atoms with Gasteiger partial charge in [-0.3, -0.25) is 4.79 Å². The Bertz CT molecular complexity index is 707. The summed E-state index contributed by atoms with van der Waals surface area (Å²) in [6.45, 7) is 8.12. The van der Waals surface area contributed by atoms with Crippen molar-refractivity contribution in [2.75, 3.05) is 18.8 Å². The van der Waals surface area contributed by atoms with Crippen molar-refractivity contribution < 1.29 is 19.4 Å². The fourth-order valence-corrected chi connectivity index (χ4v) is 4.05. The van der Waals surface area contributed by atoms with E-state index in [1.807, 2.05) is 26.8 Å². The average molecular weight is 434 g/mol. The van der Waals surface area contributed by atoms with Crippen LogP contribution in [0, 0.1) is 5.41 Å². The van der Waals surface area contributed by atoms with Gasteiger partial charge < -0.3 is 14.7 Å². The number of carboxylic acid groups (broad SMARTS) is 1. The maximum atomic E-state index is 11.8. The van der Waals surface area contributed by atoms with Crippen molar-refractivity contribution in [2.24, 2.45) is 5.41 Å². The summed E-state index contributed by atoms with van der Waals surface area (Å²) in [4.78, 5) is 24.7. The first-order valence-corrected chi connectivity index (χ1v) is 10.4. The molecule has 1 unspecified atom stereocenters. The van der Waals surface area contributed by atoms with Crippen molar-refractivity contribution in [2.45, 2.75) is 45.8 Å². The summed E-state index contributed by atoms with van der Waals surface area (Å²) < 4.78 is 6.39. The third-order valence-corrected chi connectivity index (χ3v) is 6.29. The quantitative estimate of drug-likeness (QED) is 0.713. The molecule has 2 rings (SSSR count). The first-order chi connectivity index (χ1) is 12.5. The van der Waals surface area contributed by atoms with Crippen molar-refractivity contribution >= 4 is 46.2 Å². The largest absolute Gasteiger partial charge is 0.465 e. The Morgan fingerprint density at radius 3 is 2.44 bits per heavy atom. The van der Waals surface area contributed by atoms with Crippen molar-refractivity contribution in [1.82, 2.24) is 4.90 Å². The number of ether oxygens (including phenoxy) is 1. The van der Waals surface area contributed by atoms with Crippen molar-refractivity contribution in [3.05, 3.63) is 33.8 Å². The predicted octanol–water partition coefficient (Wildman–Crippen LogP) is 5.15. The zero-order valence-electron chi connectivity index (χ0n) is 15.9. The molecule has 27 heavy (non-hydrogen) atoms. The summed E-state index contributed by atoms with van der Waals surface area (Å²) in [7, 11) is 0. The highest BCUT2D eigenvalue weighted by Gasteiger charge is 2.39. The molecular formula is C19H25Cl2NO4S. The van der Waals surface area contributed by atoms with E-state index >= 15 is 0 Å².